The Kier molecular flexibility index (Phi) is 40.2. The number of hydrogen-bond donors (Lipinski definition) is 3. The van der Waals surface area contributed by atoms with Gasteiger partial charge in [-0.3, -0.25) is 9.59 Å². The van der Waals surface area contributed by atoms with Crippen LogP contribution in [0.5, 0.6) is 0 Å². The topological polar surface area (TPSA) is 95.9 Å². The molecule has 0 aliphatic rings. The number of aliphatic hydroxyl groups is 2. The minimum absolute atomic E-state index is 0.0251. The minimum Gasteiger partial charge on any atom is -0.466 e. The molecule has 1 amide bonds. The van der Waals surface area contributed by atoms with Crippen LogP contribution in [-0.4, -0.2) is 47.4 Å². The second-order valence-electron chi connectivity index (χ2n) is 15.4. The summed E-state index contributed by atoms with van der Waals surface area (Å²) in [5.74, 6) is -0.0806. The molecule has 0 aromatic carbocycles. The minimum atomic E-state index is -0.674. The lowest BCUT2D eigenvalue weighted by atomic mass is 10.0. The Morgan fingerprint density at radius 3 is 1.45 bits per heavy atom. The van der Waals surface area contributed by atoms with Crippen LogP contribution in [0.3, 0.4) is 0 Å². The van der Waals surface area contributed by atoms with Gasteiger partial charge in [-0.05, 0) is 44.9 Å². The quantitative estimate of drug-likeness (QED) is 0.0332. The Hall–Kier alpha value is -1.40. The van der Waals surface area contributed by atoms with E-state index in [4.69, 9.17) is 4.74 Å². The van der Waals surface area contributed by atoms with Gasteiger partial charge in [0.25, 0.3) is 0 Å². The maximum atomic E-state index is 12.4. The second-order valence-corrected chi connectivity index (χ2v) is 15.4. The molecule has 6 heteroatoms. The van der Waals surface area contributed by atoms with Crippen molar-refractivity contribution in [1.82, 2.24) is 5.32 Å². The molecule has 0 radical (unpaired) electrons. The van der Waals surface area contributed by atoms with E-state index in [2.05, 4.69) is 31.3 Å². The third kappa shape index (κ3) is 38.1. The highest BCUT2D eigenvalue weighted by Crippen LogP contribution is 2.15. The number of esters is 1. The van der Waals surface area contributed by atoms with E-state index >= 15 is 0 Å². The van der Waals surface area contributed by atoms with E-state index in [-0.39, 0.29) is 18.5 Å². The van der Waals surface area contributed by atoms with Gasteiger partial charge in [0, 0.05) is 12.8 Å². The molecule has 0 fully saturated rings. The first kappa shape index (κ1) is 49.6. The van der Waals surface area contributed by atoms with Crippen molar-refractivity contribution in [3.05, 3.63) is 12.2 Å². The van der Waals surface area contributed by atoms with Crippen molar-refractivity contribution in [1.29, 1.82) is 0 Å². The lowest BCUT2D eigenvalue weighted by molar-refractivity contribution is -0.143. The maximum Gasteiger partial charge on any atom is 0.305 e. The van der Waals surface area contributed by atoms with E-state index in [0.29, 0.717) is 25.9 Å². The lowest BCUT2D eigenvalue weighted by Gasteiger charge is -2.22. The first-order valence-electron chi connectivity index (χ1n) is 22.4. The van der Waals surface area contributed by atoms with Gasteiger partial charge < -0.3 is 20.3 Å². The summed E-state index contributed by atoms with van der Waals surface area (Å²) in [4.78, 5) is 24.3. The molecule has 0 aliphatic heterocycles. The first-order valence-corrected chi connectivity index (χ1v) is 22.4. The average Bonchev–Trinajstić information content (AvgIpc) is 3.13. The van der Waals surface area contributed by atoms with Gasteiger partial charge in [0.15, 0.2) is 0 Å². The van der Waals surface area contributed by atoms with Crippen LogP contribution in [0.25, 0.3) is 0 Å². The van der Waals surface area contributed by atoms with Crippen LogP contribution in [0.15, 0.2) is 12.2 Å². The number of unbranched alkanes of at least 4 members (excludes halogenated alkanes) is 28. The van der Waals surface area contributed by atoms with Gasteiger partial charge in [0.05, 0.1) is 25.4 Å². The number of rotatable bonds is 41. The molecule has 302 valence electrons. The van der Waals surface area contributed by atoms with Crippen LogP contribution in [0.4, 0.5) is 0 Å². The standard InChI is InChI=1S/C45H87NO5/c1-3-5-7-9-11-13-15-18-21-25-29-33-37-43(48)42(41-47)46-44(49)38-34-30-26-22-19-16-20-24-28-32-36-40-51-45(50)39-35-31-27-23-17-14-12-10-8-6-4-2/h10,12,42-43,47-48H,3-9,11,13-41H2,1-2H3,(H,46,49)/b12-10-. The molecule has 6 nitrogen and oxygen atoms in total. The Morgan fingerprint density at radius 1 is 0.529 bits per heavy atom. The predicted molar refractivity (Wildman–Crippen MR) is 218 cm³/mol. The van der Waals surface area contributed by atoms with Gasteiger partial charge in [-0.15, -0.1) is 0 Å². The fourth-order valence-corrected chi connectivity index (χ4v) is 6.79. The van der Waals surface area contributed by atoms with Crippen LogP contribution < -0.4 is 5.32 Å². The normalized spacial score (nSPS) is 12.8. The predicted octanol–water partition coefficient (Wildman–Crippen LogP) is 12.6. The highest BCUT2D eigenvalue weighted by atomic mass is 16.5. The van der Waals surface area contributed by atoms with Crippen LogP contribution in [0, 0.1) is 0 Å². The van der Waals surface area contributed by atoms with Crippen LogP contribution in [0.1, 0.15) is 239 Å². The molecule has 0 rings (SSSR count). The van der Waals surface area contributed by atoms with Crippen LogP contribution >= 0.6 is 0 Å². The van der Waals surface area contributed by atoms with E-state index in [1.54, 1.807) is 0 Å². The molecule has 51 heavy (non-hydrogen) atoms. The maximum absolute atomic E-state index is 12.4. The molecule has 0 aliphatic carbocycles. The van der Waals surface area contributed by atoms with E-state index < -0.39 is 12.1 Å². The second kappa shape index (κ2) is 41.4. The molecule has 0 aromatic rings. The fourth-order valence-electron chi connectivity index (χ4n) is 6.79. The molecular weight excluding hydrogens is 634 g/mol. The number of hydrogen-bond acceptors (Lipinski definition) is 5. The van der Waals surface area contributed by atoms with Gasteiger partial charge in [-0.1, -0.05) is 193 Å². The highest BCUT2D eigenvalue weighted by Gasteiger charge is 2.20. The largest absolute Gasteiger partial charge is 0.466 e. The molecule has 0 spiro atoms. The Balaban J connectivity index is 3.49. The molecule has 0 saturated heterocycles. The van der Waals surface area contributed by atoms with Crippen LogP contribution in [0.2, 0.25) is 0 Å². The summed E-state index contributed by atoms with van der Waals surface area (Å²) >= 11 is 0. The van der Waals surface area contributed by atoms with E-state index in [9.17, 15) is 19.8 Å². The van der Waals surface area contributed by atoms with Crippen molar-refractivity contribution in [2.75, 3.05) is 13.2 Å². The summed E-state index contributed by atoms with van der Waals surface area (Å²) in [5.41, 5.74) is 0. The van der Waals surface area contributed by atoms with Gasteiger partial charge in [-0.2, -0.15) is 0 Å². The molecule has 2 unspecified atom stereocenters. The Bertz CT molecular complexity index is 757. The van der Waals surface area contributed by atoms with E-state index in [1.807, 2.05) is 0 Å². The summed E-state index contributed by atoms with van der Waals surface area (Å²) in [6.07, 6.45) is 44.4. The smallest absolute Gasteiger partial charge is 0.305 e. The number of ether oxygens (including phenoxy) is 1. The molecule has 0 bridgehead atoms. The van der Waals surface area contributed by atoms with Gasteiger partial charge >= 0.3 is 5.97 Å². The zero-order chi connectivity index (χ0) is 37.3. The highest BCUT2D eigenvalue weighted by molar-refractivity contribution is 5.76. The molecule has 0 heterocycles. The monoisotopic (exact) mass is 722 g/mol. The lowest BCUT2D eigenvalue weighted by Crippen LogP contribution is -2.45. The number of amides is 1. The summed E-state index contributed by atoms with van der Waals surface area (Å²) in [7, 11) is 0. The van der Waals surface area contributed by atoms with Crippen molar-refractivity contribution in [2.24, 2.45) is 0 Å². The van der Waals surface area contributed by atoms with E-state index in [1.165, 1.54) is 148 Å². The Labute approximate surface area is 317 Å². The summed E-state index contributed by atoms with van der Waals surface area (Å²) in [6.45, 7) is 4.85. The zero-order valence-electron chi connectivity index (χ0n) is 34.1. The van der Waals surface area contributed by atoms with Crippen LogP contribution in [-0.2, 0) is 14.3 Å². The fraction of sp³-hybridized carbons (Fsp3) is 0.911. The van der Waals surface area contributed by atoms with Crippen molar-refractivity contribution < 1.29 is 24.5 Å². The van der Waals surface area contributed by atoms with Crippen molar-refractivity contribution in [2.45, 2.75) is 251 Å². The number of carbonyl (C=O) groups excluding carboxylic acids is 2. The number of carbonyl (C=O) groups is 2. The SMILES string of the molecule is CCCC/C=C\CCCCCCCC(=O)OCCCCCCCCCCCCCC(=O)NC(CO)C(O)CCCCCCCCCCCCCC. The van der Waals surface area contributed by atoms with E-state index in [0.717, 1.165) is 57.8 Å². The van der Waals surface area contributed by atoms with Crippen molar-refractivity contribution in [3.63, 3.8) is 0 Å². The third-order valence-electron chi connectivity index (χ3n) is 10.3. The molecule has 0 saturated carbocycles. The number of allylic oxidation sites excluding steroid dienone is 2. The molecule has 2 atom stereocenters. The summed E-state index contributed by atoms with van der Waals surface area (Å²) in [5, 5.41) is 23.1. The molecular formula is C45H87NO5. The summed E-state index contributed by atoms with van der Waals surface area (Å²) in [6, 6.07) is -0.553. The average molecular weight is 722 g/mol. The number of aliphatic hydroxyl groups excluding tert-OH is 2. The first-order chi connectivity index (χ1) is 25.0. The molecule has 0 aromatic heterocycles. The van der Waals surface area contributed by atoms with Crippen molar-refractivity contribution in [3.8, 4) is 0 Å². The van der Waals surface area contributed by atoms with Crippen molar-refractivity contribution >= 4 is 11.9 Å². The van der Waals surface area contributed by atoms with Gasteiger partial charge in [0.1, 0.15) is 0 Å². The third-order valence-corrected chi connectivity index (χ3v) is 10.3. The van der Waals surface area contributed by atoms with Gasteiger partial charge in [-0.25, -0.2) is 0 Å². The van der Waals surface area contributed by atoms with Gasteiger partial charge in [0.2, 0.25) is 5.91 Å². The number of nitrogens with one attached hydrogen (secondary N) is 1. The zero-order valence-corrected chi connectivity index (χ0v) is 34.1. The molecule has 3 N–H and O–H groups in total. The summed E-state index contributed by atoms with van der Waals surface area (Å²) < 4.78 is 5.42. The Morgan fingerprint density at radius 2 is 0.941 bits per heavy atom.